The third-order valence-corrected chi connectivity index (χ3v) is 6.55. The van der Waals surface area contributed by atoms with Crippen molar-refractivity contribution >= 4 is 21.7 Å². The number of nitrogens with one attached hydrogen (secondary N) is 2. The number of likely N-dealkylation sites (tertiary alicyclic amines) is 1. The summed E-state index contributed by atoms with van der Waals surface area (Å²) in [6, 6.07) is 7.98. The van der Waals surface area contributed by atoms with Crippen LogP contribution in [0.1, 0.15) is 31.7 Å². The molecule has 1 unspecified atom stereocenters. The average molecular weight is 383 g/mol. The summed E-state index contributed by atoms with van der Waals surface area (Å²) in [7, 11) is -0.357. The van der Waals surface area contributed by atoms with Crippen molar-refractivity contribution in [1.82, 2.24) is 14.5 Å². The zero-order valence-corrected chi connectivity index (χ0v) is 16.7. The lowest BCUT2D eigenvalue weighted by molar-refractivity contribution is 0.152. The summed E-state index contributed by atoms with van der Waals surface area (Å²) in [4.78, 5) is 14.4. The molecule has 146 valence electrons. The van der Waals surface area contributed by atoms with E-state index >= 15 is 0 Å². The Bertz CT molecular complexity index is 706. The summed E-state index contributed by atoms with van der Waals surface area (Å²) in [6.07, 6.45) is 3.76. The minimum absolute atomic E-state index is 0.0668. The van der Waals surface area contributed by atoms with E-state index in [9.17, 15) is 13.2 Å². The highest BCUT2D eigenvalue weighted by Crippen LogP contribution is 2.20. The van der Waals surface area contributed by atoms with Crippen molar-refractivity contribution in [3.8, 4) is 0 Å². The van der Waals surface area contributed by atoms with Gasteiger partial charge in [0.05, 0.1) is 5.75 Å². The number of hydrogen-bond donors (Lipinski definition) is 2. The Kier molecular flexibility index (Phi) is 7.43. The van der Waals surface area contributed by atoms with Crippen LogP contribution in [0.15, 0.2) is 24.3 Å². The monoisotopic (exact) mass is 382 g/mol. The molecule has 0 spiro atoms. The second-order valence-electron chi connectivity index (χ2n) is 6.99. The maximum Gasteiger partial charge on any atom is 0.319 e. The number of rotatable bonds is 7. The van der Waals surface area contributed by atoms with Crippen molar-refractivity contribution in [3.05, 3.63) is 29.8 Å². The molecule has 2 amide bonds. The summed E-state index contributed by atoms with van der Waals surface area (Å²) >= 11 is 0. The number of nitrogens with zero attached hydrogens (tertiary/aromatic N) is 2. The predicted molar refractivity (Wildman–Crippen MR) is 105 cm³/mol. The van der Waals surface area contributed by atoms with Crippen molar-refractivity contribution in [3.63, 3.8) is 0 Å². The molecule has 7 nitrogen and oxygen atoms in total. The van der Waals surface area contributed by atoms with Gasteiger partial charge < -0.3 is 10.6 Å². The quantitative estimate of drug-likeness (QED) is 0.756. The summed E-state index contributed by atoms with van der Waals surface area (Å²) in [5.74, 6) is -0.125. The SMILES string of the molecule is CC1CCCCN1Cc1cccc(NC(=O)NCCS(=O)(=O)N(C)C)c1. The number of carbonyl (C=O) groups is 1. The molecule has 1 heterocycles. The lowest BCUT2D eigenvalue weighted by Gasteiger charge is -2.33. The molecule has 1 aliphatic heterocycles. The third-order valence-electron chi connectivity index (χ3n) is 4.71. The van der Waals surface area contributed by atoms with Crippen molar-refractivity contribution in [2.24, 2.45) is 0 Å². The van der Waals surface area contributed by atoms with Crippen LogP contribution in [-0.2, 0) is 16.6 Å². The van der Waals surface area contributed by atoms with Gasteiger partial charge in [-0.15, -0.1) is 0 Å². The molecule has 26 heavy (non-hydrogen) atoms. The maximum atomic E-state index is 12.0. The van der Waals surface area contributed by atoms with Crippen LogP contribution in [0.5, 0.6) is 0 Å². The summed E-state index contributed by atoms with van der Waals surface area (Å²) in [5, 5.41) is 5.35. The van der Waals surface area contributed by atoms with E-state index in [0.717, 1.165) is 23.0 Å². The van der Waals surface area contributed by atoms with E-state index < -0.39 is 16.1 Å². The Balaban J connectivity index is 1.84. The molecule has 0 aliphatic carbocycles. The molecule has 0 bridgehead atoms. The second kappa shape index (κ2) is 9.34. The van der Waals surface area contributed by atoms with Gasteiger partial charge in [-0.1, -0.05) is 18.6 Å². The van der Waals surface area contributed by atoms with Gasteiger partial charge in [-0.3, -0.25) is 4.90 Å². The number of benzene rings is 1. The number of piperidine rings is 1. The van der Waals surface area contributed by atoms with Gasteiger partial charge in [0.1, 0.15) is 0 Å². The molecule has 2 rings (SSSR count). The molecule has 1 aromatic rings. The summed E-state index contributed by atoms with van der Waals surface area (Å²) in [5.41, 5.74) is 1.87. The molecule has 1 saturated heterocycles. The Morgan fingerprint density at radius 1 is 1.31 bits per heavy atom. The average Bonchev–Trinajstić information content (AvgIpc) is 2.57. The number of urea groups is 1. The standard InChI is InChI=1S/C18H30N4O3S/c1-15-7-4-5-11-22(15)14-16-8-6-9-17(13-16)20-18(23)19-10-12-26(24,25)21(2)3/h6,8-9,13,15H,4-5,7,10-12,14H2,1-3H3,(H2,19,20,23). The van der Waals surface area contributed by atoms with E-state index in [4.69, 9.17) is 0 Å². The van der Waals surface area contributed by atoms with Crippen LogP contribution >= 0.6 is 0 Å². The highest BCUT2D eigenvalue weighted by Gasteiger charge is 2.18. The zero-order valence-electron chi connectivity index (χ0n) is 15.9. The highest BCUT2D eigenvalue weighted by atomic mass is 32.2. The fourth-order valence-corrected chi connectivity index (χ4v) is 3.75. The van der Waals surface area contributed by atoms with Crippen LogP contribution in [0.25, 0.3) is 0 Å². The first-order valence-corrected chi connectivity index (χ1v) is 10.7. The lowest BCUT2D eigenvalue weighted by Crippen LogP contribution is -2.37. The van der Waals surface area contributed by atoms with Crippen molar-refractivity contribution in [1.29, 1.82) is 0 Å². The molecule has 0 saturated carbocycles. The maximum absolute atomic E-state index is 12.0. The molecular weight excluding hydrogens is 352 g/mol. The zero-order chi connectivity index (χ0) is 19.2. The van der Waals surface area contributed by atoms with Crippen LogP contribution in [-0.4, -0.2) is 62.6 Å². The van der Waals surface area contributed by atoms with Gasteiger partial charge in [0.25, 0.3) is 0 Å². The smallest absolute Gasteiger partial charge is 0.319 e. The van der Waals surface area contributed by atoms with Crippen molar-refractivity contribution < 1.29 is 13.2 Å². The number of sulfonamides is 1. The van der Waals surface area contributed by atoms with Crippen LogP contribution in [0.4, 0.5) is 10.5 Å². The number of amides is 2. The molecule has 1 aliphatic rings. The van der Waals surface area contributed by atoms with E-state index in [1.54, 1.807) is 0 Å². The van der Waals surface area contributed by atoms with E-state index in [-0.39, 0.29) is 12.3 Å². The highest BCUT2D eigenvalue weighted by molar-refractivity contribution is 7.89. The van der Waals surface area contributed by atoms with Gasteiger partial charge in [-0.25, -0.2) is 17.5 Å². The third kappa shape index (κ3) is 6.26. The normalized spacial score (nSPS) is 18.7. The Morgan fingerprint density at radius 3 is 2.77 bits per heavy atom. The van der Waals surface area contributed by atoms with Crippen LogP contribution < -0.4 is 10.6 Å². The molecule has 1 atom stereocenters. The first-order valence-electron chi connectivity index (χ1n) is 9.06. The summed E-state index contributed by atoms with van der Waals surface area (Å²) < 4.78 is 24.5. The molecule has 0 aromatic heterocycles. The van der Waals surface area contributed by atoms with Gasteiger partial charge in [0.2, 0.25) is 10.0 Å². The van der Waals surface area contributed by atoms with Gasteiger partial charge in [-0.05, 0) is 44.0 Å². The van der Waals surface area contributed by atoms with Crippen LogP contribution in [0.3, 0.4) is 0 Å². The molecule has 0 radical (unpaired) electrons. The van der Waals surface area contributed by atoms with E-state index in [1.165, 1.54) is 33.4 Å². The van der Waals surface area contributed by atoms with Gasteiger partial charge in [0.15, 0.2) is 0 Å². The topological polar surface area (TPSA) is 81.8 Å². The van der Waals surface area contributed by atoms with Gasteiger partial charge >= 0.3 is 6.03 Å². The van der Waals surface area contributed by atoms with E-state index in [0.29, 0.717) is 11.7 Å². The molecular formula is C18H30N4O3S. The molecule has 1 aromatic carbocycles. The predicted octanol–water partition coefficient (Wildman–Crippen LogP) is 2.07. The minimum Gasteiger partial charge on any atom is -0.337 e. The van der Waals surface area contributed by atoms with Crippen LogP contribution in [0, 0.1) is 0 Å². The van der Waals surface area contributed by atoms with Crippen molar-refractivity contribution in [2.75, 3.05) is 38.3 Å². The molecule has 1 fully saturated rings. The second-order valence-corrected chi connectivity index (χ2v) is 9.30. The first kappa shape index (κ1) is 20.7. The Labute approximate surface area is 156 Å². The fourth-order valence-electron chi connectivity index (χ4n) is 3.03. The van der Waals surface area contributed by atoms with Gasteiger partial charge in [0, 0.05) is 38.9 Å². The minimum atomic E-state index is -3.31. The van der Waals surface area contributed by atoms with Crippen LogP contribution in [0.2, 0.25) is 0 Å². The Morgan fingerprint density at radius 2 is 2.08 bits per heavy atom. The summed E-state index contributed by atoms with van der Waals surface area (Å²) in [6.45, 7) is 4.31. The number of hydrogen-bond acceptors (Lipinski definition) is 4. The fraction of sp³-hybridized carbons (Fsp3) is 0.611. The first-order chi connectivity index (χ1) is 12.3. The van der Waals surface area contributed by atoms with E-state index in [1.807, 2.05) is 18.2 Å². The Hall–Kier alpha value is -1.64. The number of anilines is 1. The van der Waals surface area contributed by atoms with Crippen molar-refractivity contribution in [2.45, 2.75) is 38.8 Å². The van der Waals surface area contributed by atoms with E-state index in [2.05, 4.69) is 28.5 Å². The lowest BCUT2D eigenvalue weighted by atomic mass is 10.0. The molecule has 2 N–H and O–H groups in total. The number of carbonyl (C=O) groups excluding carboxylic acids is 1. The molecule has 8 heteroatoms. The largest absolute Gasteiger partial charge is 0.337 e. The van der Waals surface area contributed by atoms with Gasteiger partial charge in [-0.2, -0.15) is 0 Å².